The lowest BCUT2D eigenvalue weighted by Crippen LogP contribution is -2.46. The van der Waals surface area contributed by atoms with Crippen molar-refractivity contribution >= 4 is 23.9 Å². The van der Waals surface area contributed by atoms with E-state index in [1.165, 1.54) is 13.8 Å². The van der Waals surface area contributed by atoms with Crippen molar-refractivity contribution in [3.8, 4) is 0 Å². The number of amides is 6. The van der Waals surface area contributed by atoms with Crippen LogP contribution in [-0.4, -0.2) is 23.9 Å². The Morgan fingerprint density at radius 3 is 1.54 bits per heavy atom. The third-order valence-corrected chi connectivity index (χ3v) is 2.60. The summed E-state index contributed by atoms with van der Waals surface area (Å²) in [6.07, 6.45) is 0. The second-order valence-electron chi connectivity index (χ2n) is 4.80. The Labute approximate surface area is 138 Å². The molecular weight excluding hydrogens is 316 g/mol. The molecule has 0 aliphatic heterocycles. The van der Waals surface area contributed by atoms with Crippen molar-refractivity contribution in [2.45, 2.75) is 26.9 Å². The highest BCUT2D eigenvalue weighted by Gasteiger charge is 2.03. The molecule has 130 valence electrons. The molecule has 0 fully saturated rings. The summed E-state index contributed by atoms with van der Waals surface area (Å²) >= 11 is 0. The number of hydrogen-bond acceptors (Lipinski definition) is 4. The molecule has 10 nitrogen and oxygen atoms in total. The quantitative estimate of drug-likeness (QED) is 0.408. The fourth-order valence-corrected chi connectivity index (χ4v) is 1.59. The molecule has 0 unspecified atom stereocenters. The summed E-state index contributed by atoms with van der Waals surface area (Å²) in [4.78, 5) is 44.1. The third kappa shape index (κ3) is 8.22. The maximum Gasteiger partial charge on any atom is 0.333 e. The minimum absolute atomic E-state index is 0.247. The highest BCUT2D eigenvalue weighted by atomic mass is 16.2. The van der Waals surface area contributed by atoms with Crippen LogP contribution in [0.2, 0.25) is 0 Å². The van der Waals surface area contributed by atoms with E-state index in [0.29, 0.717) is 0 Å². The average Bonchev–Trinajstić information content (AvgIpc) is 2.54. The molecule has 0 bridgehead atoms. The number of benzene rings is 1. The van der Waals surface area contributed by atoms with Crippen LogP contribution < -0.4 is 32.3 Å². The highest BCUT2D eigenvalue weighted by molar-refractivity contribution is 5.80. The van der Waals surface area contributed by atoms with Crippen LogP contribution in [0.1, 0.15) is 25.0 Å². The summed E-state index contributed by atoms with van der Waals surface area (Å²) < 4.78 is 0. The van der Waals surface area contributed by atoms with Crippen molar-refractivity contribution in [3.05, 3.63) is 35.4 Å². The Morgan fingerprint density at radius 2 is 1.17 bits per heavy atom. The molecule has 24 heavy (non-hydrogen) atoms. The van der Waals surface area contributed by atoms with Crippen LogP contribution in [0.4, 0.5) is 9.59 Å². The predicted octanol–water partition coefficient (Wildman–Crippen LogP) is -0.613. The molecule has 6 amide bonds. The number of carbonyl (C=O) groups excluding carboxylic acids is 4. The maximum atomic E-state index is 11.4. The predicted molar refractivity (Wildman–Crippen MR) is 84.8 cm³/mol. The van der Waals surface area contributed by atoms with Crippen molar-refractivity contribution in [3.63, 3.8) is 0 Å². The highest BCUT2D eigenvalue weighted by Crippen LogP contribution is 2.04. The number of hydrogen-bond donors (Lipinski definition) is 6. The number of hydrazine groups is 2. The SMILES string of the molecule is CC(=O)NNC(=O)NCc1cccc(CNC(=O)NNC(C)=O)c1. The Balaban J connectivity index is 2.40. The van der Waals surface area contributed by atoms with Gasteiger partial charge in [0.25, 0.3) is 0 Å². The van der Waals surface area contributed by atoms with Crippen molar-refractivity contribution in [1.29, 1.82) is 0 Å². The molecule has 0 aliphatic carbocycles. The van der Waals surface area contributed by atoms with Crippen LogP contribution in [-0.2, 0) is 22.7 Å². The molecule has 0 radical (unpaired) electrons. The van der Waals surface area contributed by atoms with Crippen LogP contribution >= 0.6 is 0 Å². The summed E-state index contributed by atoms with van der Waals surface area (Å²) in [6, 6.07) is 6.12. The van der Waals surface area contributed by atoms with Crippen molar-refractivity contribution in [2.75, 3.05) is 0 Å². The Bertz CT molecular complexity index is 570. The monoisotopic (exact) mass is 336 g/mol. The van der Waals surface area contributed by atoms with E-state index in [1.807, 2.05) is 0 Å². The lowest BCUT2D eigenvalue weighted by molar-refractivity contribution is -0.120. The molecule has 10 heteroatoms. The summed E-state index contributed by atoms with van der Waals surface area (Å²) in [5, 5.41) is 5.13. The van der Waals surface area contributed by atoms with E-state index in [2.05, 4.69) is 32.3 Å². The summed E-state index contributed by atoms with van der Waals surface area (Å²) in [5.74, 6) is -0.758. The first-order valence-electron chi connectivity index (χ1n) is 7.05. The van der Waals surface area contributed by atoms with E-state index in [0.717, 1.165) is 11.1 Å². The summed E-state index contributed by atoms with van der Waals surface area (Å²) in [6.45, 7) is 3.05. The van der Waals surface area contributed by atoms with Crippen LogP contribution in [0.5, 0.6) is 0 Å². The van der Waals surface area contributed by atoms with Gasteiger partial charge in [-0.05, 0) is 11.1 Å². The van der Waals surface area contributed by atoms with Gasteiger partial charge in [0.2, 0.25) is 11.8 Å². The zero-order valence-corrected chi connectivity index (χ0v) is 13.4. The lowest BCUT2D eigenvalue weighted by atomic mass is 10.1. The van der Waals surface area contributed by atoms with E-state index < -0.39 is 12.1 Å². The van der Waals surface area contributed by atoms with Gasteiger partial charge in [-0.3, -0.25) is 20.4 Å². The molecule has 0 aromatic heterocycles. The fraction of sp³-hybridized carbons (Fsp3) is 0.286. The van der Waals surface area contributed by atoms with Crippen LogP contribution in [0.15, 0.2) is 24.3 Å². The number of rotatable bonds is 4. The minimum atomic E-state index is -0.539. The number of urea groups is 2. The zero-order chi connectivity index (χ0) is 17.9. The second kappa shape index (κ2) is 9.66. The number of carbonyl (C=O) groups is 4. The molecule has 1 rings (SSSR count). The largest absolute Gasteiger partial charge is 0.333 e. The van der Waals surface area contributed by atoms with Gasteiger partial charge in [-0.1, -0.05) is 24.3 Å². The van der Waals surface area contributed by atoms with Crippen molar-refractivity contribution < 1.29 is 19.2 Å². The molecule has 0 spiro atoms. The first kappa shape index (κ1) is 18.7. The fourth-order valence-electron chi connectivity index (χ4n) is 1.59. The lowest BCUT2D eigenvalue weighted by Gasteiger charge is -2.10. The van der Waals surface area contributed by atoms with Gasteiger partial charge in [-0.2, -0.15) is 0 Å². The molecule has 1 aromatic carbocycles. The van der Waals surface area contributed by atoms with Gasteiger partial charge in [0.15, 0.2) is 0 Å². The molecule has 0 saturated heterocycles. The minimum Gasteiger partial charge on any atom is -0.333 e. The molecule has 0 atom stereocenters. The van der Waals surface area contributed by atoms with Gasteiger partial charge >= 0.3 is 12.1 Å². The topological polar surface area (TPSA) is 140 Å². The van der Waals surface area contributed by atoms with E-state index in [9.17, 15) is 19.2 Å². The van der Waals surface area contributed by atoms with Gasteiger partial charge in [0.1, 0.15) is 0 Å². The maximum absolute atomic E-state index is 11.4. The van der Waals surface area contributed by atoms with E-state index in [-0.39, 0.29) is 24.9 Å². The smallest absolute Gasteiger partial charge is 0.333 e. The average molecular weight is 336 g/mol. The molecule has 1 aromatic rings. The first-order chi connectivity index (χ1) is 11.4. The van der Waals surface area contributed by atoms with Gasteiger partial charge in [-0.15, -0.1) is 0 Å². The molecular formula is C14H20N6O4. The Kier molecular flexibility index (Phi) is 7.55. The van der Waals surface area contributed by atoms with E-state index in [4.69, 9.17) is 0 Å². The Hall–Kier alpha value is -3.30. The van der Waals surface area contributed by atoms with Crippen molar-refractivity contribution in [1.82, 2.24) is 32.3 Å². The standard InChI is InChI=1S/C14H20N6O4/c1-9(21)17-19-13(23)15-7-11-4-3-5-12(6-11)8-16-14(24)20-18-10(2)22/h3-6H,7-8H2,1-2H3,(H,17,21)(H,18,22)(H2,15,19,23)(H2,16,20,24). The first-order valence-corrected chi connectivity index (χ1v) is 7.05. The van der Waals surface area contributed by atoms with Crippen LogP contribution in [0.3, 0.4) is 0 Å². The molecule has 0 saturated carbocycles. The number of nitrogens with one attached hydrogen (secondary N) is 6. The summed E-state index contributed by atoms with van der Waals surface area (Å²) in [7, 11) is 0. The summed E-state index contributed by atoms with van der Waals surface area (Å²) in [5.41, 5.74) is 10.3. The Morgan fingerprint density at radius 1 is 0.750 bits per heavy atom. The van der Waals surface area contributed by atoms with Gasteiger partial charge in [0.05, 0.1) is 0 Å². The normalized spacial score (nSPS) is 9.42. The third-order valence-electron chi connectivity index (χ3n) is 2.60. The van der Waals surface area contributed by atoms with Gasteiger partial charge in [0, 0.05) is 26.9 Å². The molecule has 0 aliphatic rings. The molecule has 6 N–H and O–H groups in total. The van der Waals surface area contributed by atoms with Crippen LogP contribution in [0.25, 0.3) is 0 Å². The van der Waals surface area contributed by atoms with E-state index >= 15 is 0 Å². The van der Waals surface area contributed by atoms with Crippen LogP contribution in [0, 0.1) is 0 Å². The van der Waals surface area contributed by atoms with E-state index in [1.54, 1.807) is 24.3 Å². The van der Waals surface area contributed by atoms with Crippen molar-refractivity contribution in [2.24, 2.45) is 0 Å². The van der Waals surface area contributed by atoms with Gasteiger partial charge in [-0.25, -0.2) is 20.4 Å². The zero-order valence-electron chi connectivity index (χ0n) is 13.4. The second-order valence-corrected chi connectivity index (χ2v) is 4.80. The molecule has 0 heterocycles. The van der Waals surface area contributed by atoms with Gasteiger partial charge < -0.3 is 10.6 Å².